The molecule has 0 aliphatic carbocycles. The van der Waals surface area contributed by atoms with Gasteiger partial charge in [-0.2, -0.15) is 0 Å². The van der Waals surface area contributed by atoms with Gasteiger partial charge in [0.2, 0.25) is 5.91 Å². The standard InChI is InChI=1S/C21H24BrClN2O3/c1-3-11-24-21(27)15(2)25(13-16-7-6-8-17(22)12-16)20(26)14-28-19-10-5-4-9-18(19)23/h4-10,12,15H,3,11,13-14H2,1-2H3,(H,24,27)/t15-/m0/s1. The molecule has 0 aromatic heterocycles. The van der Waals surface area contributed by atoms with Crippen LogP contribution in [-0.4, -0.2) is 35.9 Å². The fourth-order valence-corrected chi connectivity index (χ4v) is 3.23. The third kappa shape index (κ3) is 6.53. The molecule has 0 saturated heterocycles. The number of nitrogens with one attached hydrogen (secondary N) is 1. The van der Waals surface area contributed by atoms with E-state index in [4.69, 9.17) is 16.3 Å². The lowest BCUT2D eigenvalue weighted by molar-refractivity contribution is -0.142. The summed E-state index contributed by atoms with van der Waals surface area (Å²) in [4.78, 5) is 26.9. The molecule has 0 radical (unpaired) electrons. The number of amides is 2. The van der Waals surface area contributed by atoms with Crippen molar-refractivity contribution in [3.8, 4) is 5.75 Å². The van der Waals surface area contributed by atoms with E-state index >= 15 is 0 Å². The number of carbonyl (C=O) groups excluding carboxylic acids is 2. The number of nitrogens with zero attached hydrogens (tertiary/aromatic N) is 1. The molecule has 7 heteroatoms. The van der Waals surface area contributed by atoms with E-state index in [0.717, 1.165) is 16.5 Å². The van der Waals surface area contributed by atoms with Gasteiger partial charge in [0.25, 0.3) is 5.91 Å². The first-order chi connectivity index (χ1) is 13.4. The average molecular weight is 468 g/mol. The van der Waals surface area contributed by atoms with Crippen molar-refractivity contribution in [2.75, 3.05) is 13.2 Å². The van der Waals surface area contributed by atoms with E-state index in [9.17, 15) is 9.59 Å². The van der Waals surface area contributed by atoms with Crippen LogP contribution in [0, 0.1) is 0 Å². The first kappa shape index (κ1) is 22.2. The fourth-order valence-electron chi connectivity index (χ4n) is 2.59. The van der Waals surface area contributed by atoms with Crippen LogP contribution in [0.3, 0.4) is 0 Å². The molecule has 1 atom stereocenters. The first-order valence-corrected chi connectivity index (χ1v) is 10.3. The SMILES string of the molecule is CCCNC(=O)[C@H](C)N(Cc1cccc(Br)c1)C(=O)COc1ccccc1Cl. The molecule has 0 aliphatic heterocycles. The minimum absolute atomic E-state index is 0.192. The summed E-state index contributed by atoms with van der Waals surface area (Å²) in [7, 11) is 0. The Kier molecular flexibility index (Phi) is 8.80. The van der Waals surface area contributed by atoms with Gasteiger partial charge in [0.15, 0.2) is 6.61 Å². The summed E-state index contributed by atoms with van der Waals surface area (Å²) in [5.41, 5.74) is 0.913. The molecule has 0 bridgehead atoms. The van der Waals surface area contributed by atoms with Gasteiger partial charge in [0.1, 0.15) is 11.8 Å². The predicted molar refractivity (Wildman–Crippen MR) is 114 cm³/mol. The maximum absolute atomic E-state index is 12.9. The lowest BCUT2D eigenvalue weighted by Gasteiger charge is -2.28. The van der Waals surface area contributed by atoms with Gasteiger partial charge in [-0.15, -0.1) is 0 Å². The molecule has 0 saturated carbocycles. The van der Waals surface area contributed by atoms with Gasteiger partial charge in [-0.25, -0.2) is 0 Å². The highest BCUT2D eigenvalue weighted by atomic mass is 79.9. The molecule has 0 fully saturated rings. The Balaban J connectivity index is 2.14. The summed E-state index contributed by atoms with van der Waals surface area (Å²) >= 11 is 9.52. The summed E-state index contributed by atoms with van der Waals surface area (Å²) in [6.07, 6.45) is 0.827. The zero-order chi connectivity index (χ0) is 20.5. The Morgan fingerprint density at radius 1 is 1.21 bits per heavy atom. The second-order valence-corrected chi connectivity index (χ2v) is 7.66. The molecule has 1 N–H and O–H groups in total. The van der Waals surface area contributed by atoms with Gasteiger partial charge in [0.05, 0.1) is 5.02 Å². The number of benzene rings is 2. The highest BCUT2D eigenvalue weighted by Gasteiger charge is 2.26. The summed E-state index contributed by atoms with van der Waals surface area (Å²) in [5.74, 6) is -0.0509. The largest absolute Gasteiger partial charge is 0.482 e. The molecule has 0 spiro atoms. The maximum atomic E-state index is 12.9. The van der Waals surface area contributed by atoms with E-state index in [-0.39, 0.29) is 18.4 Å². The van der Waals surface area contributed by atoms with E-state index in [1.807, 2.05) is 31.2 Å². The van der Waals surface area contributed by atoms with Crippen molar-refractivity contribution in [3.05, 3.63) is 63.6 Å². The number of hydrogen-bond donors (Lipinski definition) is 1. The predicted octanol–water partition coefficient (Wildman–Crippen LogP) is 4.42. The third-order valence-electron chi connectivity index (χ3n) is 4.15. The zero-order valence-electron chi connectivity index (χ0n) is 16.0. The molecule has 0 unspecified atom stereocenters. The van der Waals surface area contributed by atoms with Crippen molar-refractivity contribution in [1.82, 2.24) is 10.2 Å². The second-order valence-electron chi connectivity index (χ2n) is 6.34. The molecule has 2 aromatic carbocycles. The lowest BCUT2D eigenvalue weighted by Crippen LogP contribution is -2.49. The molecular weight excluding hydrogens is 444 g/mol. The van der Waals surface area contributed by atoms with Crippen LogP contribution < -0.4 is 10.1 Å². The first-order valence-electron chi connectivity index (χ1n) is 9.11. The van der Waals surface area contributed by atoms with Gasteiger partial charge in [-0.05, 0) is 43.2 Å². The molecule has 5 nitrogen and oxygen atoms in total. The van der Waals surface area contributed by atoms with Crippen molar-refractivity contribution in [2.45, 2.75) is 32.9 Å². The topological polar surface area (TPSA) is 58.6 Å². The van der Waals surface area contributed by atoms with Crippen LogP contribution in [0.2, 0.25) is 5.02 Å². The number of halogens is 2. The van der Waals surface area contributed by atoms with Crippen molar-refractivity contribution in [3.63, 3.8) is 0 Å². The van der Waals surface area contributed by atoms with E-state index in [0.29, 0.717) is 23.9 Å². The van der Waals surface area contributed by atoms with E-state index in [1.165, 1.54) is 4.90 Å². The third-order valence-corrected chi connectivity index (χ3v) is 4.95. The minimum atomic E-state index is -0.632. The summed E-state index contributed by atoms with van der Waals surface area (Å²) in [5, 5.41) is 3.28. The Bertz CT molecular complexity index is 816. The van der Waals surface area contributed by atoms with E-state index < -0.39 is 6.04 Å². The van der Waals surface area contributed by atoms with Crippen molar-refractivity contribution >= 4 is 39.3 Å². The van der Waals surface area contributed by atoms with Crippen LogP contribution in [-0.2, 0) is 16.1 Å². The van der Waals surface area contributed by atoms with Gasteiger partial charge in [-0.1, -0.05) is 58.7 Å². The van der Waals surface area contributed by atoms with Gasteiger partial charge in [-0.3, -0.25) is 9.59 Å². The molecule has 150 valence electrons. The molecule has 2 aromatic rings. The molecule has 2 rings (SSSR count). The Morgan fingerprint density at radius 3 is 2.64 bits per heavy atom. The molecule has 28 heavy (non-hydrogen) atoms. The quantitative estimate of drug-likeness (QED) is 0.594. The fraction of sp³-hybridized carbons (Fsp3) is 0.333. The van der Waals surface area contributed by atoms with E-state index in [1.54, 1.807) is 31.2 Å². The number of ether oxygens (including phenoxy) is 1. The normalized spacial score (nSPS) is 11.6. The number of carbonyl (C=O) groups is 2. The number of rotatable bonds is 9. The maximum Gasteiger partial charge on any atom is 0.261 e. The van der Waals surface area contributed by atoms with Crippen LogP contribution in [0.25, 0.3) is 0 Å². The second kappa shape index (κ2) is 11.1. The number of para-hydroxylation sites is 1. The molecule has 0 heterocycles. The van der Waals surface area contributed by atoms with Crippen molar-refractivity contribution in [1.29, 1.82) is 0 Å². The van der Waals surface area contributed by atoms with Crippen LogP contribution in [0.4, 0.5) is 0 Å². The average Bonchev–Trinajstić information content (AvgIpc) is 2.69. The summed E-state index contributed by atoms with van der Waals surface area (Å²) in [6.45, 7) is 4.36. The monoisotopic (exact) mass is 466 g/mol. The van der Waals surface area contributed by atoms with Crippen LogP contribution in [0.5, 0.6) is 5.75 Å². The van der Waals surface area contributed by atoms with Gasteiger partial charge in [0, 0.05) is 17.6 Å². The minimum Gasteiger partial charge on any atom is -0.482 e. The summed E-state index contributed by atoms with van der Waals surface area (Å²) < 4.78 is 6.50. The zero-order valence-corrected chi connectivity index (χ0v) is 18.3. The molecule has 0 aliphatic rings. The number of hydrogen-bond acceptors (Lipinski definition) is 3. The van der Waals surface area contributed by atoms with Crippen LogP contribution >= 0.6 is 27.5 Å². The van der Waals surface area contributed by atoms with Crippen LogP contribution in [0.1, 0.15) is 25.8 Å². The smallest absolute Gasteiger partial charge is 0.261 e. The Hall–Kier alpha value is -2.05. The summed E-state index contributed by atoms with van der Waals surface area (Å²) in [6, 6.07) is 14.0. The Labute approximate surface area is 179 Å². The van der Waals surface area contributed by atoms with Gasteiger partial charge < -0.3 is 15.0 Å². The highest BCUT2D eigenvalue weighted by molar-refractivity contribution is 9.10. The highest BCUT2D eigenvalue weighted by Crippen LogP contribution is 2.23. The van der Waals surface area contributed by atoms with Crippen molar-refractivity contribution in [2.24, 2.45) is 0 Å². The molecular formula is C21H24BrClN2O3. The van der Waals surface area contributed by atoms with Crippen LogP contribution in [0.15, 0.2) is 53.0 Å². The lowest BCUT2D eigenvalue weighted by atomic mass is 10.1. The van der Waals surface area contributed by atoms with Crippen molar-refractivity contribution < 1.29 is 14.3 Å². The Morgan fingerprint density at radius 2 is 1.96 bits per heavy atom. The van der Waals surface area contributed by atoms with E-state index in [2.05, 4.69) is 21.2 Å². The molecule has 2 amide bonds. The van der Waals surface area contributed by atoms with Gasteiger partial charge >= 0.3 is 0 Å².